The van der Waals surface area contributed by atoms with Gasteiger partial charge in [0, 0.05) is 11.4 Å². The summed E-state index contributed by atoms with van der Waals surface area (Å²) in [5.41, 5.74) is 2.20. The molecule has 4 heteroatoms. The molecule has 0 saturated carbocycles. The number of hydrogen-bond acceptors (Lipinski definition) is 3. The Balaban J connectivity index is 1.65. The number of halogens is 1. The zero-order valence-electron chi connectivity index (χ0n) is 15.5. The van der Waals surface area contributed by atoms with E-state index in [1.807, 2.05) is 38.1 Å². The predicted molar refractivity (Wildman–Crippen MR) is 107 cm³/mol. The minimum Gasteiger partial charge on any atom is -0.469 e. The van der Waals surface area contributed by atoms with E-state index >= 15 is 0 Å². The summed E-state index contributed by atoms with van der Waals surface area (Å²) in [7, 11) is 0. The van der Waals surface area contributed by atoms with Gasteiger partial charge < -0.3 is 9.15 Å². The zero-order valence-corrected chi connectivity index (χ0v) is 16.3. The summed E-state index contributed by atoms with van der Waals surface area (Å²) in [4.78, 5) is 12.7. The number of ether oxygens (including phenoxy) is 1. The highest BCUT2D eigenvalue weighted by molar-refractivity contribution is 6.30. The summed E-state index contributed by atoms with van der Waals surface area (Å²) < 4.78 is 11.2. The Kier molecular flexibility index (Phi) is 6.36. The molecule has 1 unspecified atom stereocenters. The van der Waals surface area contributed by atoms with Crippen LogP contribution in [-0.2, 0) is 17.6 Å². The second kappa shape index (κ2) is 8.92. The summed E-state index contributed by atoms with van der Waals surface area (Å²) in [6.07, 6.45) is 3.06. The SMILES string of the molecule is CC(C)C(Cc1coc(Cc2ccccc2)c1)C(=O)Oc1ccc(Cl)cc1. The molecule has 0 N–H and O–H groups in total. The number of carbonyl (C=O) groups excluding carboxylic acids is 1. The Hall–Kier alpha value is -2.52. The summed E-state index contributed by atoms with van der Waals surface area (Å²) in [5.74, 6) is 1.06. The summed E-state index contributed by atoms with van der Waals surface area (Å²) in [6.45, 7) is 4.05. The molecule has 3 nitrogen and oxygen atoms in total. The standard InChI is InChI=1S/C23H23ClO3/c1-16(2)22(23(25)27-20-10-8-19(24)9-11-20)14-18-13-21(26-15-18)12-17-6-4-3-5-7-17/h3-11,13,15-16,22H,12,14H2,1-2H3. The molecule has 27 heavy (non-hydrogen) atoms. The third kappa shape index (κ3) is 5.48. The molecule has 0 spiro atoms. The molecule has 1 heterocycles. The van der Waals surface area contributed by atoms with Crippen molar-refractivity contribution in [3.8, 4) is 5.75 Å². The van der Waals surface area contributed by atoms with Crippen molar-refractivity contribution in [3.63, 3.8) is 0 Å². The maximum atomic E-state index is 12.7. The fourth-order valence-electron chi connectivity index (χ4n) is 2.96. The minimum absolute atomic E-state index is 0.150. The molecule has 0 fully saturated rings. The molecule has 0 bridgehead atoms. The monoisotopic (exact) mass is 382 g/mol. The van der Waals surface area contributed by atoms with Crippen LogP contribution in [0.15, 0.2) is 71.3 Å². The number of esters is 1. The third-order valence-electron chi connectivity index (χ3n) is 4.52. The molecule has 0 aliphatic rings. The van der Waals surface area contributed by atoms with Crippen LogP contribution in [0.4, 0.5) is 0 Å². The molecule has 0 amide bonds. The maximum absolute atomic E-state index is 12.7. The average molecular weight is 383 g/mol. The number of rotatable bonds is 7. The molecule has 2 aromatic carbocycles. The number of carbonyl (C=O) groups is 1. The van der Waals surface area contributed by atoms with Gasteiger partial charge in [0.2, 0.25) is 0 Å². The van der Waals surface area contributed by atoms with E-state index in [0.29, 0.717) is 17.2 Å². The first kappa shape index (κ1) is 19.2. The van der Waals surface area contributed by atoms with Crippen LogP contribution in [0.1, 0.15) is 30.7 Å². The molecule has 1 aromatic heterocycles. The number of furan rings is 1. The zero-order chi connectivity index (χ0) is 19.2. The van der Waals surface area contributed by atoms with Gasteiger partial charge in [0.15, 0.2) is 0 Å². The normalized spacial score (nSPS) is 12.1. The van der Waals surface area contributed by atoms with Gasteiger partial charge in [0.1, 0.15) is 11.5 Å². The fourth-order valence-corrected chi connectivity index (χ4v) is 3.09. The molecule has 0 radical (unpaired) electrons. The first-order chi connectivity index (χ1) is 13.0. The molecule has 1 atom stereocenters. The Morgan fingerprint density at radius 2 is 1.74 bits per heavy atom. The van der Waals surface area contributed by atoms with Gasteiger partial charge in [-0.3, -0.25) is 4.79 Å². The van der Waals surface area contributed by atoms with Crippen LogP contribution in [0.2, 0.25) is 5.02 Å². The van der Waals surface area contributed by atoms with E-state index < -0.39 is 0 Å². The van der Waals surface area contributed by atoms with Gasteiger partial charge in [-0.2, -0.15) is 0 Å². The van der Waals surface area contributed by atoms with Crippen molar-refractivity contribution >= 4 is 17.6 Å². The van der Waals surface area contributed by atoms with E-state index in [9.17, 15) is 4.79 Å². The van der Waals surface area contributed by atoms with Crippen molar-refractivity contribution < 1.29 is 13.9 Å². The van der Waals surface area contributed by atoms with Crippen LogP contribution in [0.3, 0.4) is 0 Å². The van der Waals surface area contributed by atoms with E-state index in [1.54, 1.807) is 30.5 Å². The van der Waals surface area contributed by atoms with Crippen molar-refractivity contribution in [2.24, 2.45) is 11.8 Å². The van der Waals surface area contributed by atoms with Crippen molar-refractivity contribution in [1.29, 1.82) is 0 Å². The van der Waals surface area contributed by atoms with Gasteiger partial charge in [-0.1, -0.05) is 55.8 Å². The number of benzene rings is 2. The van der Waals surface area contributed by atoms with E-state index in [0.717, 1.165) is 17.7 Å². The smallest absolute Gasteiger partial charge is 0.314 e. The first-order valence-corrected chi connectivity index (χ1v) is 9.46. The van der Waals surface area contributed by atoms with E-state index in [-0.39, 0.29) is 17.8 Å². The molecule has 3 aromatic rings. The lowest BCUT2D eigenvalue weighted by Gasteiger charge is -2.18. The number of hydrogen-bond donors (Lipinski definition) is 0. The highest BCUT2D eigenvalue weighted by Crippen LogP contribution is 2.24. The molecular formula is C23H23ClO3. The van der Waals surface area contributed by atoms with Gasteiger partial charge in [0.05, 0.1) is 12.2 Å². The van der Waals surface area contributed by atoms with Crippen molar-refractivity contribution in [1.82, 2.24) is 0 Å². The molecule has 0 saturated heterocycles. The Morgan fingerprint density at radius 1 is 1.04 bits per heavy atom. The average Bonchev–Trinajstić information content (AvgIpc) is 3.09. The fraction of sp³-hybridized carbons (Fsp3) is 0.261. The van der Waals surface area contributed by atoms with Gasteiger partial charge in [-0.25, -0.2) is 0 Å². The van der Waals surface area contributed by atoms with E-state index in [1.165, 1.54) is 5.56 Å². The van der Waals surface area contributed by atoms with Crippen LogP contribution >= 0.6 is 11.6 Å². The van der Waals surface area contributed by atoms with Crippen LogP contribution in [0.5, 0.6) is 5.75 Å². The predicted octanol–water partition coefficient (Wildman–Crippen LogP) is 5.94. The molecule has 140 valence electrons. The van der Waals surface area contributed by atoms with Crippen LogP contribution in [0.25, 0.3) is 0 Å². The van der Waals surface area contributed by atoms with Crippen molar-refractivity contribution in [3.05, 3.63) is 88.8 Å². The highest BCUT2D eigenvalue weighted by Gasteiger charge is 2.25. The van der Waals surface area contributed by atoms with E-state index in [4.69, 9.17) is 20.8 Å². The second-order valence-corrected chi connectivity index (χ2v) is 7.45. The lowest BCUT2D eigenvalue weighted by molar-refractivity contribution is -0.140. The highest BCUT2D eigenvalue weighted by atomic mass is 35.5. The quantitative estimate of drug-likeness (QED) is 0.374. The first-order valence-electron chi connectivity index (χ1n) is 9.08. The molecular weight excluding hydrogens is 360 g/mol. The van der Waals surface area contributed by atoms with Crippen LogP contribution in [-0.4, -0.2) is 5.97 Å². The Morgan fingerprint density at radius 3 is 2.41 bits per heavy atom. The summed E-state index contributed by atoms with van der Waals surface area (Å²) >= 11 is 5.88. The topological polar surface area (TPSA) is 39.4 Å². The second-order valence-electron chi connectivity index (χ2n) is 7.01. The third-order valence-corrected chi connectivity index (χ3v) is 4.78. The Bertz CT molecular complexity index is 866. The van der Waals surface area contributed by atoms with Crippen LogP contribution in [0, 0.1) is 11.8 Å². The lowest BCUT2D eigenvalue weighted by atomic mass is 9.90. The van der Waals surface area contributed by atoms with Gasteiger partial charge in [0.25, 0.3) is 0 Å². The van der Waals surface area contributed by atoms with Crippen LogP contribution < -0.4 is 4.74 Å². The largest absolute Gasteiger partial charge is 0.469 e. The minimum atomic E-state index is -0.247. The van der Waals surface area contributed by atoms with Gasteiger partial charge in [-0.05, 0) is 53.8 Å². The van der Waals surface area contributed by atoms with E-state index in [2.05, 4.69) is 12.1 Å². The molecule has 0 aliphatic carbocycles. The van der Waals surface area contributed by atoms with Crippen molar-refractivity contribution in [2.75, 3.05) is 0 Å². The lowest BCUT2D eigenvalue weighted by Crippen LogP contribution is -2.27. The van der Waals surface area contributed by atoms with Crippen molar-refractivity contribution in [2.45, 2.75) is 26.7 Å². The van der Waals surface area contributed by atoms with Gasteiger partial charge in [-0.15, -0.1) is 0 Å². The maximum Gasteiger partial charge on any atom is 0.314 e. The molecule has 0 aliphatic heterocycles. The Labute approximate surface area is 164 Å². The summed E-state index contributed by atoms with van der Waals surface area (Å²) in [6, 6.07) is 19.0. The summed E-state index contributed by atoms with van der Waals surface area (Å²) in [5, 5.41) is 0.611. The molecule has 3 rings (SSSR count). The van der Waals surface area contributed by atoms with Gasteiger partial charge >= 0.3 is 5.97 Å².